The van der Waals surface area contributed by atoms with Gasteiger partial charge in [-0.15, -0.1) is 0 Å². The number of nitrogens with zero attached hydrogens (tertiary/aromatic N) is 7. The number of halogens is 1. The highest BCUT2D eigenvalue weighted by molar-refractivity contribution is 6.09. The molecule has 27 heavy (non-hydrogen) atoms. The second-order valence-corrected chi connectivity index (χ2v) is 6.72. The number of anilines is 2. The van der Waals surface area contributed by atoms with Gasteiger partial charge in [-0.3, -0.25) is 9.78 Å². The molecule has 0 bridgehead atoms. The summed E-state index contributed by atoms with van der Waals surface area (Å²) < 4.78 is 14.5. The number of amides is 1. The molecule has 9 heteroatoms. The minimum atomic E-state index is -0.793. The van der Waals surface area contributed by atoms with E-state index in [4.69, 9.17) is 0 Å². The molecule has 8 nitrogen and oxygen atoms in total. The maximum absolute atomic E-state index is 13.0. The monoisotopic (exact) mass is 365 g/mol. The van der Waals surface area contributed by atoms with Gasteiger partial charge in [0.2, 0.25) is 0 Å². The van der Waals surface area contributed by atoms with E-state index in [1.807, 2.05) is 24.0 Å². The van der Waals surface area contributed by atoms with Gasteiger partial charge in [0.1, 0.15) is 12.0 Å². The molecule has 0 radical (unpaired) electrons. The molecule has 0 saturated carbocycles. The first-order valence-corrected chi connectivity index (χ1v) is 8.63. The summed E-state index contributed by atoms with van der Waals surface area (Å²) in [6.07, 6.45) is 5.74. The molecule has 136 valence electrons. The van der Waals surface area contributed by atoms with Crippen LogP contribution < -0.4 is 9.80 Å². The molecule has 0 aromatic carbocycles. The summed E-state index contributed by atoms with van der Waals surface area (Å²) in [7, 11) is 0. The van der Waals surface area contributed by atoms with E-state index >= 15 is 0 Å². The van der Waals surface area contributed by atoms with E-state index in [-0.39, 0.29) is 5.91 Å². The van der Waals surface area contributed by atoms with Crippen LogP contribution in [0.3, 0.4) is 0 Å². The topological polar surface area (TPSA) is 80.0 Å². The molecule has 3 aromatic rings. The van der Waals surface area contributed by atoms with Crippen molar-refractivity contribution in [3.05, 3.63) is 53.9 Å². The smallest absolute Gasteiger partial charge is 0.262 e. The van der Waals surface area contributed by atoms with Gasteiger partial charge in [0, 0.05) is 11.9 Å². The Hall–Kier alpha value is -3.36. The molecule has 0 atom stereocenters. The third-order valence-electron chi connectivity index (χ3n) is 4.80. The summed E-state index contributed by atoms with van der Waals surface area (Å²) in [4.78, 5) is 29.1. The highest BCUT2D eigenvalue weighted by Crippen LogP contribution is 2.28. The molecule has 5 rings (SSSR count). The summed E-state index contributed by atoms with van der Waals surface area (Å²) in [6.45, 7) is 2.99. The van der Waals surface area contributed by atoms with Crippen molar-refractivity contribution in [1.29, 1.82) is 0 Å². The molecule has 1 amide bonds. The van der Waals surface area contributed by atoms with Crippen molar-refractivity contribution < 1.29 is 9.18 Å². The predicted octanol–water partition coefficient (Wildman–Crippen LogP) is 1.68. The number of carbonyl (C=O) groups is 1. The van der Waals surface area contributed by atoms with E-state index in [1.54, 1.807) is 34.4 Å². The molecule has 3 aromatic heterocycles. The SMILES string of the molecule is Cc1ccc(N2Cc3nn(-c4cnc(N5CC(F)C5)cn4)cc3C2=O)cn1. The zero-order valence-electron chi connectivity index (χ0n) is 14.6. The number of hydrogen-bond donors (Lipinski definition) is 0. The Morgan fingerprint density at radius 1 is 1.07 bits per heavy atom. The summed E-state index contributed by atoms with van der Waals surface area (Å²) in [5.41, 5.74) is 2.88. The molecule has 2 aliphatic rings. The summed E-state index contributed by atoms with van der Waals surface area (Å²) in [5, 5.41) is 4.48. The van der Waals surface area contributed by atoms with Crippen molar-refractivity contribution in [2.75, 3.05) is 22.9 Å². The van der Waals surface area contributed by atoms with E-state index in [0.717, 1.165) is 11.4 Å². The number of rotatable bonds is 3. The quantitative estimate of drug-likeness (QED) is 0.703. The van der Waals surface area contributed by atoms with Gasteiger partial charge in [0.15, 0.2) is 5.82 Å². The van der Waals surface area contributed by atoms with Gasteiger partial charge in [-0.25, -0.2) is 19.0 Å². The molecule has 5 heterocycles. The van der Waals surface area contributed by atoms with Gasteiger partial charge in [-0.1, -0.05) is 0 Å². The van der Waals surface area contributed by atoms with E-state index < -0.39 is 6.17 Å². The Labute approximate surface area is 154 Å². The highest BCUT2D eigenvalue weighted by Gasteiger charge is 2.32. The fourth-order valence-corrected chi connectivity index (χ4v) is 3.23. The third kappa shape index (κ3) is 2.62. The lowest BCUT2D eigenvalue weighted by Gasteiger charge is -2.34. The molecule has 0 unspecified atom stereocenters. The summed E-state index contributed by atoms with van der Waals surface area (Å²) >= 11 is 0. The second-order valence-electron chi connectivity index (χ2n) is 6.72. The zero-order chi connectivity index (χ0) is 18.5. The number of hydrogen-bond acceptors (Lipinski definition) is 6. The van der Waals surface area contributed by atoms with Crippen molar-refractivity contribution in [1.82, 2.24) is 24.7 Å². The van der Waals surface area contributed by atoms with Crippen LogP contribution in [0, 0.1) is 6.92 Å². The third-order valence-corrected chi connectivity index (χ3v) is 4.80. The largest absolute Gasteiger partial charge is 0.349 e. The van der Waals surface area contributed by atoms with E-state index in [2.05, 4.69) is 20.1 Å². The van der Waals surface area contributed by atoms with Crippen LogP contribution in [0.15, 0.2) is 36.9 Å². The number of alkyl halides is 1. The standard InChI is InChI=1S/C18H16FN7O/c1-11-2-3-13(4-20-11)25-10-15-14(18(25)27)9-26(23-15)17-6-21-16(5-22-17)24-7-12(19)8-24/h2-6,9,12H,7-8,10H2,1H3. The average Bonchev–Trinajstić information content (AvgIpc) is 3.20. The Morgan fingerprint density at radius 3 is 2.48 bits per heavy atom. The van der Waals surface area contributed by atoms with Crippen molar-refractivity contribution in [2.24, 2.45) is 0 Å². The summed E-state index contributed by atoms with van der Waals surface area (Å²) in [6, 6.07) is 3.75. The number of fused-ring (bicyclic) bond motifs is 1. The van der Waals surface area contributed by atoms with E-state index in [1.165, 1.54) is 0 Å². The minimum absolute atomic E-state index is 0.110. The number of aromatic nitrogens is 5. The van der Waals surface area contributed by atoms with Gasteiger partial charge in [-0.2, -0.15) is 5.10 Å². The molecule has 1 fully saturated rings. The fourth-order valence-electron chi connectivity index (χ4n) is 3.23. The molecule has 1 saturated heterocycles. The van der Waals surface area contributed by atoms with Crippen LogP contribution in [0.2, 0.25) is 0 Å². The lowest BCUT2D eigenvalue weighted by molar-refractivity contribution is 0.0996. The lowest BCUT2D eigenvalue weighted by Crippen LogP contribution is -2.48. The Kier molecular flexibility index (Phi) is 3.43. The van der Waals surface area contributed by atoms with Crippen LogP contribution in [0.1, 0.15) is 21.7 Å². The number of carbonyl (C=O) groups excluding carboxylic acids is 1. The predicted molar refractivity (Wildman–Crippen MR) is 95.8 cm³/mol. The van der Waals surface area contributed by atoms with E-state index in [0.29, 0.717) is 42.5 Å². The maximum atomic E-state index is 13.0. The van der Waals surface area contributed by atoms with Crippen LogP contribution in [0.5, 0.6) is 0 Å². The first-order chi connectivity index (χ1) is 13.1. The fraction of sp³-hybridized carbons (Fsp3) is 0.278. The van der Waals surface area contributed by atoms with E-state index in [9.17, 15) is 9.18 Å². The number of pyridine rings is 1. The highest BCUT2D eigenvalue weighted by atomic mass is 19.1. The molecule has 0 aliphatic carbocycles. The van der Waals surface area contributed by atoms with Gasteiger partial charge in [0.05, 0.1) is 55.2 Å². The minimum Gasteiger partial charge on any atom is -0.349 e. The average molecular weight is 365 g/mol. The van der Waals surface area contributed by atoms with Gasteiger partial charge in [0.25, 0.3) is 5.91 Å². The second kappa shape index (κ2) is 5.83. The Bertz CT molecular complexity index is 1010. The first-order valence-electron chi connectivity index (χ1n) is 8.63. The van der Waals surface area contributed by atoms with Gasteiger partial charge >= 0.3 is 0 Å². The zero-order valence-corrected chi connectivity index (χ0v) is 14.6. The van der Waals surface area contributed by atoms with Crippen LogP contribution in [0.25, 0.3) is 5.82 Å². The summed E-state index contributed by atoms with van der Waals surface area (Å²) in [5.74, 6) is 1.05. The van der Waals surface area contributed by atoms with Crippen LogP contribution in [-0.4, -0.2) is 49.9 Å². The normalized spacial score (nSPS) is 16.6. The lowest BCUT2D eigenvalue weighted by atomic mass is 10.2. The molecular formula is C18H16FN7O. The molecule has 0 spiro atoms. The van der Waals surface area contributed by atoms with Crippen molar-refractivity contribution in [2.45, 2.75) is 19.6 Å². The van der Waals surface area contributed by atoms with Gasteiger partial charge < -0.3 is 9.80 Å². The van der Waals surface area contributed by atoms with Crippen molar-refractivity contribution in [3.8, 4) is 5.82 Å². The van der Waals surface area contributed by atoms with Crippen LogP contribution >= 0.6 is 0 Å². The number of aryl methyl sites for hydroxylation is 1. The molecule has 2 aliphatic heterocycles. The van der Waals surface area contributed by atoms with Crippen LogP contribution in [0.4, 0.5) is 15.9 Å². The maximum Gasteiger partial charge on any atom is 0.262 e. The van der Waals surface area contributed by atoms with Gasteiger partial charge in [-0.05, 0) is 19.1 Å². The molecular weight excluding hydrogens is 349 g/mol. The van der Waals surface area contributed by atoms with Crippen molar-refractivity contribution in [3.63, 3.8) is 0 Å². The van der Waals surface area contributed by atoms with Crippen LogP contribution in [-0.2, 0) is 6.54 Å². The Balaban J connectivity index is 1.36. The first kappa shape index (κ1) is 15.9. The van der Waals surface area contributed by atoms with Crippen molar-refractivity contribution >= 4 is 17.4 Å². The Morgan fingerprint density at radius 2 is 1.85 bits per heavy atom. The molecule has 0 N–H and O–H groups in total.